The molecule has 1 aliphatic rings. The Morgan fingerprint density at radius 1 is 1.41 bits per heavy atom. The molecule has 17 heavy (non-hydrogen) atoms. The number of anilines is 1. The third kappa shape index (κ3) is 2.92. The third-order valence-electron chi connectivity index (χ3n) is 3.25. The maximum Gasteiger partial charge on any atom is 0.0574 e. The number of aliphatic hydroxyl groups is 1. The monoisotopic (exact) mass is 254 g/mol. The van der Waals surface area contributed by atoms with Gasteiger partial charge in [0.25, 0.3) is 0 Å². The van der Waals surface area contributed by atoms with E-state index >= 15 is 0 Å². The van der Waals surface area contributed by atoms with E-state index in [1.807, 2.05) is 19.2 Å². The summed E-state index contributed by atoms with van der Waals surface area (Å²) < 4.78 is 0. The van der Waals surface area contributed by atoms with Crippen molar-refractivity contribution in [1.29, 1.82) is 0 Å². The van der Waals surface area contributed by atoms with Crippen LogP contribution in [0.3, 0.4) is 0 Å². The lowest BCUT2D eigenvalue weighted by molar-refractivity contribution is 0.145. The molecule has 94 valence electrons. The van der Waals surface area contributed by atoms with Gasteiger partial charge in [0, 0.05) is 35.9 Å². The Hall–Kier alpha value is -0.770. The first kappa shape index (κ1) is 12.7. The summed E-state index contributed by atoms with van der Waals surface area (Å²) in [5, 5.41) is 13.5. The lowest BCUT2D eigenvalue weighted by Crippen LogP contribution is -2.36. The van der Waals surface area contributed by atoms with Crippen LogP contribution in [-0.2, 0) is 6.54 Å². The number of hydrogen-bond donors (Lipinski definition) is 2. The van der Waals surface area contributed by atoms with Crippen molar-refractivity contribution in [3.05, 3.63) is 28.8 Å². The maximum atomic E-state index is 9.54. The van der Waals surface area contributed by atoms with E-state index < -0.39 is 0 Å². The lowest BCUT2D eigenvalue weighted by Gasteiger charge is -2.33. The van der Waals surface area contributed by atoms with Crippen molar-refractivity contribution in [2.75, 3.05) is 25.0 Å². The quantitative estimate of drug-likeness (QED) is 0.866. The Kier molecular flexibility index (Phi) is 4.26. The summed E-state index contributed by atoms with van der Waals surface area (Å²) in [4.78, 5) is 2.31. The molecule has 0 unspecified atom stereocenters. The van der Waals surface area contributed by atoms with Gasteiger partial charge in [-0.05, 0) is 32.0 Å². The van der Waals surface area contributed by atoms with Crippen molar-refractivity contribution in [3.8, 4) is 0 Å². The van der Waals surface area contributed by atoms with Crippen LogP contribution in [0.1, 0.15) is 18.4 Å². The van der Waals surface area contributed by atoms with Gasteiger partial charge in [-0.3, -0.25) is 0 Å². The summed E-state index contributed by atoms with van der Waals surface area (Å²) in [5.41, 5.74) is 2.34. The SMILES string of the molecule is CNCc1c(Cl)cccc1N1CCC(O)CC1. The van der Waals surface area contributed by atoms with Crippen LogP contribution in [0.25, 0.3) is 0 Å². The van der Waals surface area contributed by atoms with Crippen LogP contribution in [0.5, 0.6) is 0 Å². The second kappa shape index (κ2) is 5.71. The smallest absolute Gasteiger partial charge is 0.0574 e. The van der Waals surface area contributed by atoms with Crippen LogP contribution >= 0.6 is 11.6 Å². The second-order valence-corrected chi connectivity index (χ2v) is 4.89. The van der Waals surface area contributed by atoms with Gasteiger partial charge in [0.15, 0.2) is 0 Å². The van der Waals surface area contributed by atoms with Gasteiger partial charge < -0.3 is 15.3 Å². The predicted octanol–water partition coefficient (Wildman–Crippen LogP) is 2.02. The molecule has 1 heterocycles. The molecule has 0 bridgehead atoms. The van der Waals surface area contributed by atoms with Gasteiger partial charge in [-0.2, -0.15) is 0 Å². The van der Waals surface area contributed by atoms with Crippen molar-refractivity contribution in [1.82, 2.24) is 5.32 Å². The highest BCUT2D eigenvalue weighted by molar-refractivity contribution is 6.31. The average Bonchev–Trinajstić information content (AvgIpc) is 2.33. The molecule has 0 radical (unpaired) electrons. The molecule has 1 aromatic carbocycles. The van der Waals surface area contributed by atoms with Crippen LogP contribution in [0, 0.1) is 0 Å². The van der Waals surface area contributed by atoms with Crippen LogP contribution < -0.4 is 10.2 Å². The summed E-state index contributed by atoms with van der Waals surface area (Å²) >= 11 is 6.24. The molecule has 1 aromatic rings. The lowest BCUT2D eigenvalue weighted by atomic mass is 10.0. The number of nitrogens with one attached hydrogen (secondary N) is 1. The Balaban J connectivity index is 2.22. The van der Waals surface area contributed by atoms with Gasteiger partial charge >= 0.3 is 0 Å². The first-order valence-electron chi connectivity index (χ1n) is 6.07. The fourth-order valence-corrected chi connectivity index (χ4v) is 2.54. The number of hydrogen-bond acceptors (Lipinski definition) is 3. The predicted molar refractivity (Wildman–Crippen MR) is 71.7 cm³/mol. The first-order valence-corrected chi connectivity index (χ1v) is 6.45. The van der Waals surface area contributed by atoms with Crippen LogP contribution in [0.2, 0.25) is 5.02 Å². The fourth-order valence-electron chi connectivity index (χ4n) is 2.30. The Morgan fingerprint density at radius 3 is 2.76 bits per heavy atom. The Morgan fingerprint density at radius 2 is 2.12 bits per heavy atom. The van der Waals surface area contributed by atoms with Crippen molar-refractivity contribution in [2.24, 2.45) is 0 Å². The molecule has 1 fully saturated rings. The number of rotatable bonds is 3. The standard InChI is InChI=1S/C13H19ClN2O/c1-15-9-11-12(14)3-2-4-13(11)16-7-5-10(17)6-8-16/h2-4,10,15,17H,5-9H2,1H3. The minimum absolute atomic E-state index is 0.141. The molecular weight excluding hydrogens is 236 g/mol. The van der Waals surface area contributed by atoms with Crippen molar-refractivity contribution < 1.29 is 5.11 Å². The van der Waals surface area contributed by atoms with E-state index in [1.165, 1.54) is 5.69 Å². The number of aliphatic hydroxyl groups excluding tert-OH is 1. The van der Waals surface area contributed by atoms with Crippen molar-refractivity contribution >= 4 is 17.3 Å². The molecule has 2 N–H and O–H groups in total. The topological polar surface area (TPSA) is 35.5 Å². The highest BCUT2D eigenvalue weighted by atomic mass is 35.5. The average molecular weight is 255 g/mol. The molecule has 2 rings (SSSR count). The zero-order valence-electron chi connectivity index (χ0n) is 10.1. The minimum atomic E-state index is -0.141. The van der Waals surface area contributed by atoms with E-state index in [4.69, 9.17) is 11.6 Å². The van der Waals surface area contributed by atoms with Gasteiger partial charge in [-0.1, -0.05) is 17.7 Å². The van der Waals surface area contributed by atoms with E-state index in [0.29, 0.717) is 0 Å². The van der Waals surface area contributed by atoms with E-state index in [2.05, 4.69) is 16.3 Å². The number of piperidine rings is 1. The summed E-state index contributed by atoms with van der Waals surface area (Å²) in [5.74, 6) is 0. The van der Waals surface area contributed by atoms with Crippen LogP contribution in [0.15, 0.2) is 18.2 Å². The molecule has 0 aromatic heterocycles. The highest BCUT2D eigenvalue weighted by Crippen LogP contribution is 2.29. The molecular formula is C13H19ClN2O. The molecule has 0 aliphatic carbocycles. The Labute approximate surface area is 107 Å². The fraction of sp³-hybridized carbons (Fsp3) is 0.538. The van der Waals surface area contributed by atoms with Gasteiger partial charge in [-0.25, -0.2) is 0 Å². The zero-order valence-corrected chi connectivity index (χ0v) is 10.9. The number of nitrogens with zero attached hydrogens (tertiary/aromatic N) is 1. The van der Waals surface area contributed by atoms with E-state index in [1.54, 1.807) is 0 Å². The maximum absolute atomic E-state index is 9.54. The molecule has 0 saturated carbocycles. The normalized spacial score (nSPS) is 17.5. The second-order valence-electron chi connectivity index (χ2n) is 4.49. The number of halogens is 1. The summed E-state index contributed by atoms with van der Waals surface area (Å²) in [6.45, 7) is 2.57. The van der Waals surface area contributed by atoms with Gasteiger partial charge in [-0.15, -0.1) is 0 Å². The third-order valence-corrected chi connectivity index (χ3v) is 3.61. The molecule has 3 nitrogen and oxygen atoms in total. The largest absolute Gasteiger partial charge is 0.393 e. The molecule has 4 heteroatoms. The van der Waals surface area contributed by atoms with Crippen molar-refractivity contribution in [3.63, 3.8) is 0 Å². The zero-order chi connectivity index (χ0) is 12.3. The van der Waals surface area contributed by atoms with Crippen LogP contribution in [-0.4, -0.2) is 31.3 Å². The van der Waals surface area contributed by atoms with E-state index in [0.717, 1.165) is 43.1 Å². The summed E-state index contributed by atoms with van der Waals surface area (Å²) in [7, 11) is 1.92. The molecule has 0 amide bonds. The van der Waals surface area contributed by atoms with E-state index in [9.17, 15) is 5.11 Å². The molecule has 0 spiro atoms. The molecule has 0 atom stereocenters. The van der Waals surface area contributed by atoms with Crippen molar-refractivity contribution in [2.45, 2.75) is 25.5 Å². The van der Waals surface area contributed by atoms with E-state index in [-0.39, 0.29) is 6.10 Å². The minimum Gasteiger partial charge on any atom is -0.393 e. The van der Waals surface area contributed by atoms with Gasteiger partial charge in [0.05, 0.1) is 6.10 Å². The molecule has 1 saturated heterocycles. The Bertz CT molecular complexity index is 376. The summed E-state index contributed by atoms with van der Waals surface area (Å²) in [6.07, 6.45) is 1.54. The highest BCUT2D eigenvalue weighted by Gasteiger charge is 2.19. The van der Waals surface area contributed by atoms with Crippen LogP contribution in [0.4, 0.5) is 5.69 Å². The summed E-state index contributed by atoms with van der Waals surface area (Å²) in [6, 6.07) is 6.02. The number of benzene rings is 1. The first-order chi connectivity index (χ1) is 8.22. The molecule has 1 aliphatic heterocycles. The van der Waals surface area contributed by atoms with Gasteiger partial charge in [0.2, 0.25) is 0 Å². The van der Waals surface area contributed by atoms with Gasteiger partial charge in [0.1, 0.15) is 0 Å².